The molecule has 0 N–H and O–H groups in total. The Morgan fingerprint density at radius 3 is 2.92 bits per heavy atom. The Morgan fingerprint density at radius 1 is 1.46 bits per heavy atom. The summed E-state index contributed by atoms with van der Waals surface area (Å²) in [7, 11) is 0. The Hall–Kier alpha value is -1.08. The highest BCUT2D eigenvalue weighted by molar-refractivity contribution is 6.31. The highest BCUT2D eigenvalue weighted by Crippen LogP contribution is 2.30. The fraction of sp³-hybridized carbons (Fsp3) is 0.182. The van der Waals surface area contributed by atoms with E-state index in [0.717, 1.165) is 17.6 Å². The molecule has 0 atom stereocenters. The van der Waals surface area contributed by atoms with E-state index < -0.39 is 0 Å². The third-order valence-corrected chi connectivity index (χ3v) is 2.50. The minimum absolute atomic E-state index is 0.112. The van der Waals surface area contributed by atoms with Gasteiger partial charge in [0.15, 0.2) is 5.78 Å². The predicted molar refractivity (Wildman–Crippen MR) is 53.8 cm³/mol. The lowest BCUT2D eigenvalue weighted by Crippen LogP contribution is -1.93. The molecule has 1 aromatic carbocycles. The first-order valence-electron chi connectivity index (χ1n) is 4.18. The smallest absolute Gasteiger partial charge is 0.160 e. The summed E-state index contributed by atoms with van der Waals surface area (Å²) >= 11 is 5.85. The average molecular weight is 193 g/mol. The number of ketones is 1. The van der Waals surface area contributed by atoms with E-state index in [2.05, 4.69) is 0 Å². The molecule has 2 rings (SSSR count). The molecule has 66 valence electrons. The van der Waals surface area contributed by atoms with E-state index in [1.807, 2.05) is 24.3 Å². The molecule has 0 amide bonds. The van der Waals surface area contributed by atoms with Crippen molar-refractivity contribution in [2.45, 2.75) is 13.3 Å². The first-order valence-corrected chi connectivity index (χ1v) is 4.56. The summed E-state index contributed by atoms with van der Waals surface area (Å²) < 4.78 is 0. The lowest BCUT2D eigenvalue weighted by molar-refractivity contribution is -0.111. The van der Waals surface area contributed by atoms with E-state index in [4.69, 9.17) is 11.6 Å². The number of carbonyl (C=O) groups excluding carboxylic acids is 1. The van der Waals surface area contributed by atoms with Crippen LogP contribution in [-0.4, -0.2) is 5.78 Å². The average Bonchev–Trinajstić information content (AvgIpc) is 2.46. The molecular weight excluding hydrogens is 184 g/mol. The fourth-order valence-electron chi connectivity index (χ4n) is 1.63. The molecule has 0 spiro atoms. The number of allylic oxidation sites excluding steroid dienone is 2. The van der Waals surface area contributed by atoms with Crippen LogP contribution in [0.4, 0.5) is 0 Å². The van der Waals surface area contributed by atoms with Crippen molar-refractivity contribution in [3.63, 3.8) is 0 Å². The number of hydrogen-bond acceptors (Lipinski definition) is 1. The predicted octanol–water partition coefficient (Wildman–Crippen LogP) is 2.87. The first kappa shape index (κ1) is 8.52. The summed E-state index contributed by atoms with van der Waals surface area (Å²) in [5.74, 6) is 0.112. The van der Waals surface area contributed by atoms with E-state index in [0.29, 0.717) is 5.02 Å². The molecule has 0 saturated carbocycles. The highest BCUT2D eigenvalue weighted by atomic mass is 35.5. The maximum Gasteiger partial charge on any atom is 0.160 e. The minimum atomic E-state index is 0.112. The molecule has 0 radical (unpaired) electrons. The van der Waals surface area contributed by atoms with Gasteiger partial charge >= 0.3 is 0 Å². The number of fused-ring (bicyclic) bond motifs is 1. The van der Waals surface area contributed by atoms with Gasteiger partial charge in [-0.25, -0.2) is 0 Å². The fourth-order valence-corrected chi connectivity index (χ4v) is 1.80. The number of benzene rings is 1. The molecule has 0 fully saturated rings. The van der Waals surface area contributed by atoms with Gasteiger partial charge in [0.2, 0.25) is 0 Å². The van der Waals surface area contributed by atoms with Gasteiger partial charge in [-0.05, 0) is 36.6 Å². The SMILES string of the molecule is CC(=O)C1=CCc2ccc(Cl)cc21. The van der Waals surface area contributed by atoms with E-state index in [-0.39, 0.29) is 5.78 Å². The lowest BCUT2D eigenvalue weighted by atomic mass is 10.0. The first-order chi connectivity index (χ1) is 6.18. The molecule has 0 unspecified atom stereocenters. The van der Waals surface area contributed by atoms with Crippen molar-refractivity contribution in [1.82, 2.24) is 0 Å². The molecule has 1 aliphatic rings. The molecule has 1 nitrogen and oxygen atoms in total. The number of carbonyl (C=O) groups is 1. The van der Waals surface area contributed by atoms with Crippen molar-refractivity contribution in [2.75, 3.05) is 0 Å². The molecule has 0 heterocycles. The van der Waals surface area contributed by atoms with Gasteiger partial charge in [-0.3, -0.25) is 4.79 Å². The third kappa shape index (κ3) is 1.40. The van der Waals surface area contributed by atoms with Crippen molar-refractivity contribution in [3.05, 3.63) is 40.4 Å². The Labute approximate surface area is 82.0 Å². The van der Waals surface area contributed by atoms with Crippen LogP contribution in [0.2, 0.25) is 5.02 Å². The summed E-state index contributed by atoms with van der Waals surface area (Å²) in [5.41, 5.74) is 2.99. The normalized spacial score (nSPS) is 13.8. The van der Waals surface area contributed by atoms with Gasteiger partial charge in [0.05, 0.1) is 0 Å². The van der Waals surface area contributed by atoms with Crippen LogP contribution < -0.4 is 0 Å². The minimum Gasteiger partial charge on any atom is -0.295 e. The molecule has 0 aromatic heterocycles. The van der Waals surface area contributed by atoms with Crippen molar-refractivity contribution in [1.29, 1.82) is 0 Å². The molecule has 1 aliphatic carbocycles. The van der Waals surface area contributed by atoms with Gasteiger partial charge in [-0.2, -0.15) is 0 Å². The van der Waals surface area contributed by atoms with Gasteiger partial charge in [-0.1, -0.05) is 23.7 Å². The monoisotopic (exact) mass is 192 g/mol. The van der Waals surface area contributed by atoms with Crippen LogP contribution in [0, 0.1) is 0 Å². The Balaban J connectivity index is 2.54. The van der Waals surface area contributed by atoms with E-state index in [9.17, 15) is 4.79 Å². The topological polar surface area (TPSA) is 17.1 Å². The lowest BCUT2D eigenvalue weighted by Gasteiger charge is -2.02. The number of Topliss-reactive ketones (excluding diaryl/α,β-unsaturated/α-hetero) is 1. The number of halogens is 1. The maximum absolute atomic E-state index is 11.2. The summed E-state index contributed by atoms with van der Waals surface area (Å²) in [6.45, 7) is 1.59. The molecule has 13 heavy (non-hydrogen) atoms. The summed E-state index contributed by atoms with van der Waals surface area (Å²) in [6.07, 6.45) is 2.81. The second-order valence-corrected chi connectivity index (χ2v) is 3.62. The van der Waals surface area contributed by atoms with Gasteiger partial charge in [0.1, 0.15) is 0 Å². The maximum atomic E-state index is 11.2. The van der Waals surface area contributed by atoms with Crippen LogP contribution >= 0.6 is 11.6 Å². The van der Waals surface area contributed by atoms with Crippen LogP contribution in [0.15, 0.2) is 24.3 Å². The van der Waals surface area contributed by atoms with Gasteiger partial charge < -0.3 is 0 Å². The van der Waals surface area contributed by atoms with E-state index in [1.54, 1.807) is 6.92 Å². The van der Waals surface area contributed by atoms with Crippen LogP contribution in [-0.2, 0) is 11.2 Å². The van der Waals surface area contributed by atoms with E-state index in [1.165, 1.54) is 5.56 Å². The van der Waals surface area contributed by atoms with Crippen LogP contribution in [0.25, 0.3) is 5.57 Å². The third-order valence-electron chi connectivity index (χ3n) is 2.27. The van der Waals surface area contributed by atoms with Crippen LogP contribution in [0.1, 0.15) is 18.1 Å². The molecule has 1 aromatic rings. The quantitative estimate of drug-likeness (QED) is 0.669. The summed E-state index contributed by atoms with van der Waals surface area (Å²) in [6, 6.07) is 5.69. The van der Waals surface area contributed by atoms with Gasteiger partial charge in [0, 0.05) is 10.6 Å². The Morgan fingerprint density at radius 2 is 2.23 bits per heavy atom. The Bertz CT molecular complexity index is 405. The standard InChI is InChI=1S/C11H9ClO/c1-7(13)10-5-3-8-2-4-9(12)6-11(8)10/h2,4-6H,3H2,1H3. The Kier molecular flexibility index (Phi) is 1.97. The number of hydrogen-bond donors (Lipinski definition) is 0. The zero-order chi connectivity index (χ0) is 9.42. The second-order valence-electron chi connectivity index (χ2n) is 3.18. The van der Waals surface area contributed by atoms with Crippen LogP contribution in [0.5, 0.6) is 0 Å². The summed E-state index contributed by atoms with van der Waals surface area (Å²) in [5, 5.41) is 0.688. The van der Waals surface area contributed by atoms with Crippen molar-refractivity contribution in [2.24, 2.45) is 0 Å². The molecule has 2 heteroatoms. The van der Waals surface area contributed by atoms with E-state index >= 15 is 0 Å². The van der Waals surface area contributed by atoms with Crippen molar-refractivity contribution < 1.29 is 4.79 Å². The van der Waals surface area contributed by atoms with Gasteiger partial charge in [-0.15, -0.1) is 0 Å². The van der Waals surface area contributed by atoms with Crippen LogP contribution in [0.3, 0.4) is 0 Å². The van der Waals surface area contributed by atoms with Crippen molar-refractivity contribution in [3.8, 4) is 0 Å². The highest BCUT2D eigenvalue weighted by Gasteiger charge is 2.16. The largest absolute Gasteiger partial charge is 0.295 e. The molecular formula is C11H9ClO. The zero-order valence-electron chi connectivity index (χ0n) is 7.30. The van der Waals surface area contributed by atoms with Crippen molar-refractivity contribution >= 4 is 23.0 Å². The summed E-state index contributed by atoms with van der Waals surface area (Å²) in [4.78, 5) is 11.2. The van der Waals surface area contributed by atoms with Gasteiger partial charge in [0.25, 0.3) is 0 Å². The molecule has 0 saturated heterocycles. The number of rotatable bonds is 1. The molecule has 0 aliphatic heterocycles. The molecule has 0 bridgehead atoms. The second kappa shape index (κ2) is 3.00. The zero-order valence-corrected chi connectivity index (χ0v) is 8.06.